The first-order valence-electron chi connectivity index (χ1n) is 6.98. The number of nitrogen functional groups attached to an aromatic ring is 1. The Morgan fingerprint density at radius 3 is 3.00 bits per heavy atom. The van der Waals surface area contributed by atoms with Gasteiger partial charge in [0.1, 0.15) is 16.6 Å². The zero-order valence-electron chi connectivity index (χ0n) is 11.9. The van der Waals surface area contributed by atoms with E-state index in [1.807, 2.05) is 16.7 Å². The Morgan fingerprint density at radius 2 is 2.18 bits per heavy atom. The third kappa shape index (κ3) is 2.62. The van der Waals surface area contributed by atoms with Crippen LogP contribution in [0.3, 0.4) is 0 Å². The standard InChI is InChI=1S/C14H16N6O2/c15-13-11-12(10-9(19-13)4-3-6-16-10)20(8-18-11)7-2-1-5-17-14(21)22/h3-4,6,8,17H,1-2,5,7H2,(H2,15,19)(H,21,22). The van der Waals surface area contributed by atoms with Crippen LogP contribution in [0.5, 0.6) is 0 Å². The summed E-state index contributed by atoms with van der Waals surface area (Å²) < 4.78 is 1.99. The Morgan fingerprint density at radius 1 is 1.32 bits per heavy atom. The van der Waals surface area contributed by atoms with Crippen molar-refractivity contribution in [2.24, 2.45) is 0 Å². The molecule has 0 unspecified atom stereocenters. The lowest BCUT2D eigenvalue weighted by molar-refractivity contribution is 0.194. The second-order valence-corrected chi connectivity index (χ2v) is 4.94. The molecular weight excluding hydrogens is 284 g/mol. The lowest BCUT2D eigenvalue weighted by atomic mass is 10.2. The average molecular weight is 300 g/mol. The lowest BCUT2D eigenvalue weighted by Crippen LogP contribution is -2.21. The van der Waals surface area contributed by atoms with Crippen LogP contribution >= 0.6 is 0 Å². The fraction of sp³-hybridized carbons (Fsp3) is 0.286. The maximum atomic E-state index is 10.4. The molecule has 0 saturated carbocycles. The molecule has 0 saturated heterocycles. The van der Waals surface area contributed by atoms with Crippen molar-refractivity contribution in [2.45, 2.75) is 19.4 Å². The molecule has 0 aliphatic rings. The Labute approximate surface area is 126 Å². The van der Waals surface area contributed by atoms with Gasteiger partial charge in [0.25, 0.3) is 0 Å². The number of hydrogen-bond donors (Lipinski definition) is 3. The number of amides is 1. The van der Waals surface area contributed by atoms with Gasteiger partial charge in [0.15, 0.2) is 5.82 Å². The van der Waals surface area contributed by atoms with Crippen LogP contribution in [-0.4, -0.2) is 37.3 Å². The van der Waals surface area contributed by atoms with Crippen LogP contribution in [0.1, 0.15) is 12.8 Å². The fourth-order valence-electron chi connectivity index (χ4n) is 2.44. The van der Waals surface area contributed by atoms with E-state index in [-0.39, 0.29) is 0 Å². The van der Waals surface area contributed by atoms with Gasteiger partial charge in [0.05, 0.1) is 11.8 Å². The van der Waals surface area contributed by atoms with E-state index in [0.717, 1.165) is 29.4 Å². The molecule has 0 aliphatic heterocycles. The number of anilines is 1. The number of rotatable bonds is 5. The van der Waals surface area contributed by atoms with E-state index < -0.39 is 6.09 Å². The van der Waals surface area contributed by atoms with Crippen molar-refractivity contribution in [3.8, 4) is 0 Å². The van der Waals surface area contributed by atoms with E-state index in [2.05, 4.69) is 20.3 Å². The normalized spacial score (nSPS) is 11.1. The number of nitrogens with two attached hydrogens (primary N) is 1. The number of aryl methyl sites for hydroxylation is 1. The van der Waals surface area contributed by atoms with E-state index in [1.165, 1.54) is 0 Å². The van der Waals surface area contributed by atoms with Crippen molar-refractivity contribution in [1.82, 2.24) is 24.8 Å². The molecule has 3 rings (SSSR count). The predicted molar refractivity (Wildman–Crippen MR) is 82.5 cm³/mol. The number of aromatic nitrogens is 4. The summed E-state index contributed by atoms with van der Waals surface area (Å²) in [7, 11) is 0. The van der Waals surface area contributed by atoms with Crippen LogP contribution in [0.4, 0.5) is 10.6 Å². The highest BCUT2D eigenvalue weighted by molar-refractivity contribution is 6.03. The van der Waals surface area contributed by atoms with Gasteiger partial charge >= 0.3 is 6.09 Å². The molecular formula is C14H16N6O2. The SMILES string of the molecule is Nc1nc2cccnc2c2c1ncn2CCCCNC(=O)O. The first-order chi connectivity index (χ1) is 10.7. The number of unbranched alkanes of at least 4 members (excludes halogenated alkanes) is 1. The van der Waals surface area contributed by atoms with Gasteiger partial charge in [-0.1, -0.05) is 0 Å². The highest BCUT2D eigenvalue weighted by Crippen LogP contribution is 2.25. The summed E-state index contributed by atoms with van der Waals surface area (Å²) in [6, 6.07) is 3.69. The minimum atomic E-state index is -0.998. The summed E-state index contributed by atoms with van der Waals surface area (Å²) in [5.41, 5.74) is 8.98. The highest BCUT2D eigenvalue weighted by atomic mass is 16.4. The molecule has 0 fully saturated rings. The maximum Gasteiger partial charge on any atom is 0.404 e. The van der Waals surface area contributed by atoms with Gasteiger partial charge in [-0.2, -0.15) is 0 Å². The number of nitrogens with zero attached hydrogens (tertiary/aromatic N) is 4. The molecule has 0 aliphatic carbocycles. The van der Waals surface area contributed by atoms with Gasteiger partial charge < -0.3 is 20.7 Å². The molecule has 1 amide bonds. The van der Waals surface area contributed by atoms with Crippen LogP contribution in [-0.2, 0) is 6.54 Å². The largest absolute Gasteiger partial charge is 0.465 e. The molecule has 22 heavy (non-hydrogen) atoms. The molecule has 114 valence electrons. The van der Waals surface area contributed by atoms with Crippen LogP contribution < -0.4 is 11.1 Å². The van der Waals surface area contributed by atoms with Gasteiger partial charge in [-0.25, -0.2) is 14.8 Å². The van der Waals surface area contributed by atoms with Crippen molar-refractivity contribution in [3.05, 3.63) is 24.7 Å². The van der Waals surface area contributed by atoms with E-state index in [0.29, 0.717) is 24.4 Å². The number of carbonyl (C=O) groups is 1. The van der Waals surface area contributed by atoms with Gasteiger partial charge in [-0.05, 0) is 25.0 Å². The van der Waals surface area contributed by atoms with Crippen molar-refractivity contribution in [2.75, 3.05) is 12.3 Å². The Bertz CT molecular complexity index is 829. The predicted octanol–water partition coefficient (Wildman–Crippen LogP) is 1.61. The van der Waals surface area contributed by atoms with Gasteiger partial charge in [-0.15, -0.1) is 0 Å². The number of fused-ring (bicyclic) bond motifs is 3. The van der Waals surface area contributed by atoms with Crippen molar-refractivity contribution in [1.29, 1.82) is 0 Å². The lowest BCUT2D eigenvalue weighted by Gasteiger charge is -2.07. The van der Waals surface area contributed by atoms with E-state index in [4.69, 9.17) is 10.8 Å². The quantitative estimate of drug-likeness (QED) is 0.616. The summed E-state index contributed by atoms with van der Waals surface area (Å²) in [5, 5.41) is 10.9. The highest BCUT2D eigenvalue weighted by Gasteiger charge is 2.12. The van der Waals surface area contributed by atoms with Crippen LogP contribution in [0.2, 0.25) is 0 Å². The number of carboxylic acid groups (broad SMARTS) is 1. The number of pyridine rings is 2. The summed E-state index contributed by atoms with van der Waals surface area (Å²) in [6.45, 7) is 1.15. The maximum absolute atomic E-state index is 10.4. The third-order valence-electron chi connectivity index (χ3n) is 3.43. The molecule has 3 heterocycles. The van der Waals surface area contributed by atoms with Gasteiger partial charge in [0.2, 0.25) is 0 Å². The molecule has 3 aromatic rings. The Hall–Kier alpha value is -2.90. The van der Waals surface area contributed by atoms with E-state index in [9.17, 15) is 4.79 Å². The van der Waals surface area contributed by atoms with Crippen molar-refractivity contribution < 1.29 is 9.90 Å². The molecule has 8 heteroatoms. The minimum absolute atomic E-state index is 0.391. The van der Waals surface area contributed by atoms with Crippen molar-refractivity contribution in [3.63, 3.8) is 0 Å². The second-order valence-electron chi connectivity index (χ2n) is 4.94. The zero-order valence-corrected chi connectivity index (χ0v) is 11.9. The summed E-state index contributed by atoms with van der Waals surface area (Å²) in [4.78, 5) is 23.4. The van der Waals surface area contributed by atoms with Crippen LogP contribution in [0, 0.1) is 0 Å². The molecule has 0 spiro atoms. The minimum Gasteiger partial charge on any atom is -0.465 e. The van der Waals surface area contributed by atoms with E-state index >= 15 is 0 Å². The molecule has 4 N–H and O–H groups in total. The van der Waals surface area contributed by atoms with Crippen molar-refractivity contribution >= 4 is 34.0 Å². The molecule has 0 bridgehead atoms. The molecule has 0 aromatic carbocycles. The number of imidazole rings is 1. The first-order valence-corrected chi connectivity index (χ1v) is 6.98. The van der Waals surface area contributed by atoms with E-state index in [1.54, 1.807) is 12.5 Å². The molecule has 0 atom stereocenters. The van der Waals surface area contributed by atoms with Crippen LogP contribution in [0.15, 0.2) is 24.7 Å². The number of hydrogen-bond acceptors (Lipinski definition) is 5. The van der Waals surface area contributed by atoms with Gasteiger partial charge in [0, 0.05) is 19.3 Å². The summed E-state index contributed by atoms with van der Waals surface area (Å²) in [6.07, 6.45) is 4.01. The topological polar surface area (TPSA) is 119 Å². The zero-order chi connectivity index (χ0) is 15.5. The molecule has 8 nitrogen and oxygen atoms in total. The Balaban J connectivity index is 1.86. The third-order valence-corrected chi connectivity index (χ3v) is 3.43. The summed E-state index contributed by atoms with van der Waals surface area (Å²) in [5.74, 6) is 0.391. The summed E-state index contributed by atoms with van der Waals surface area (Å²) >= 11 is 0. The van der Waals surface area contributed by atoms with Gasteiger partial charge in [-0.3, -0.25) is 4.98 Å². The second kappa shape index (κ2) is 5.84. The monoisotopic (exact) mass is 300 g/mol. The Kier molecular flexibility index (Phi) is 3.73. The fourth-order valence-corrected chi connectivity index (χ4v) is 2.44. The van der Waals surface area contributed by atoms with Crippen LogP contribution in [0.25, 0.3) is 22.1 Å². The smallest absolute Gasteiger partial charge is 0.404 e. The average Bonchev–Trinajstić information content (AvgIpc) is 2.92. The first kappa shape index (κ1) is 14.1. The number of nitrogens with one attached hydrogen (secondary N) is 1. The molecule has 3 aromatic heterocycles. The molecule has 0 radical (unpaired) electrons.